The van der Waals surface area contributed by atoms with E-state index in [2.05, 4.69) is 15.7 Å². The number of nitrogens with one attached hydrogen (secondary N) is 2. The molecule has 4 rings (SSSR count). The van der Waals surface area contributed by atoms with Gasteiger partial charge in [-0.1, -0.05) is 11.6 Å². The molecule has 0 bridgehead atoms. The molecule has 2 aliphatic heterocycles. The van der Waals surface area contributed by atoms with E-state index in [1.54, 1.807) is 0 Å². The third kappa shape index (κ3) is 3.86. The van der Waals surface area contributed by atoms with Crippen molar-refractivity contribution in [1.29, 1.82) is 0 Å². The minimum absolute atomic E-state index is 0.00528. The molecule has 2 aromatic rings. The van der Waals surface area contributed by atoms with E-state index in [0.29, 0.717) is 29.9 Å². The predicted octanol–water partition coefficient (Wildman–Crippen LogP) is 1.42. The van der Waals surface area contributed by atoms with Gasteiger partial charge in [-0.05, 0) is 18.2 Å². The molecule has 30 heavy (non-hydrogen) atoms. The molecular formula is C18H19ClFN5O4S. The molecule has 12 heteroatoms. The zero-order chi connectivity index (χ0) is 21.6. The number of anilines is 1. The summed E-state index contributed by atoms with van der Waals surface area (Å²) in [6.07, 6.45) is 1.55. The third-order valence-electron chi connectivity index (χ3n) is 5.25. The van der Waals surface area contributed by atoms with Gasteiger partial charge < -0.3 is 15.5 Å². The lowest BCUT2D eigenvalue weighted by Gasteiger charge is -2.27. The Morgan fingerprint density at radius 2 is 2.17 bits per heavy atom. The van der Waals surface area contributed by atoms with Gasteiger partial charge in [-0.25, -0.2) is 17.6 Å². The van der Waals surface area contributed by atoms with Crippen LogP contribution in [0, 0.1) is 5.82 Å². The minimum atomic E-state index is -3.37. The lowest BCUT2D eigenvalue weighted by Crippen LogP contribution is -2.40. The summed E-state index contributed by atoms with van der Waals surface area (Å²) in [4.78, 5) is 26.8. The lowest BCUT2D eigenvalue weighted by atomic mass is 10.1. The average Bonchev–Trinajstić information content (AvgIpc) is 2.95. The van der Waals surface area contributed by atoms with Crippen LogP contribution in [0.2, 0.25) is 5.02 Å². The van der Waals surface area contributed by atoms with Crippen molar-refractivity contribution in [3.8, 4) is 0 Å². The van der Waals surface area contributed by atoms with Gasteiger partial charge in [0.2, 0.25) is 0 Å². The smallest absolute Gasteiger partial charge is 0.322 e. The summed E-state index contributed by atoms with van der Waals surface area (Å²) < 4.78 is 38.7. The molecule has 0 fully saturated rings. The number of nitrogens with zero attached hydrogens (tertiary/aromatic N) is 3. The highest BCUT2D eigenvalue weighted by Crippen LogP contribution is 2.26. The largest absolute Gasteiger partial charge is 0.349 e. The van der Waals surface area contributed by atoms with Gasteiger partial charge in [0.05, 0.1) is 29.1 Å². The van der Waals surface area contributed by atoms with Crippen LogP contribution in [0.25, 0.3) is 0 Å². The number of carbonyl (C=O) groups excluding carboxylic acids is 2. The second-order valence-electron chi connectivity index (χ2n) is 7.35. The van der Waals surface area contributed by atoms with Crippen LogP contribution in [0.3, 0.4) is 0 Å². The van der Waals surface area contributed by atoms with E-state index in [9.17, 15) is 22.4 Å². The van der Waals surface area contributed by atoms with E-state index >= 15 is 0 Å². The number of sulfone groups is 1. The molecule has 2 N–H and O–H groups in total. The van der Waals surface area contributed by atoms with Crippen molar-refractivity contribution < 1.29 is 22.4 Å². The molecular weight excluding hydrogens is 437 g/mol. The summed E-state index contributed by atoms with van der Waals surface area (Å²) in [5.74, 6) is -0.999. The molecule has 0 saturated heterocycles. The lowest BCUT2D eigenvalue weighted by molar-refractivity contribution is 0.0948. The third-order valence-corrected chi connectivity index (χ3v) is 7.06. The number of fused-ring (bicyclic) bond motifs is 3. The summed E-state index contributed by atoms with van der Waals surface area (Å²) in [5, 5.41) is 8.87. The van der Waals surface area contributed by atoms with Gasteiger partial charge in [0, 0.05) is 37.0 Å². The molecule has 0 spiro atoms. The fourth-order valence-corrected chi connectivity index (χ4v) is 4.58. The van der Waals surface area contributed by atoms with Crippen LogP contribution in [0.1, 0.15) is 21.7 Å². The molecule has 2 aliphatic rings. The first-order valence-corrected chi connectivity index (χ1v) is 11.5. The van der Waals surface area contributed by atoms with E-state index in [4.69, 9.17) is 11.6 Å². The molecule has 0 aliphatic carbocycles. The highest BCUT2D eigenvalue weighted by atomic mass is 35.5. The van der Waals surface area contributed by atoms with Gasteiger partial charge >= 0.3 is 6.03 Å². The number of amides is 3. The second kappa shape index (κ2) is 7.55. The fourth-order valence-electron chi connectivity index (χ4n) is 3.60. The summed E-state index contributed by atoms with van der Waals surface area (Å²) in [5.41, 5.74) is 1.89. The van der Waals surface area contributed by atoms with Crippen LogP contribution < -0.4 is 10.6 Å². The number of urea groups is 1. The molecule has 3 heterocycles. The molecule has 3 amide bonds. The average molecular weight is 456 g/mol. The molecule has 1 atom stereocenters. The zero-order valence-corrected chi connectivity index (χ0v) is 17.6. The number of carbonyl (C=O) groups is 2. The first kappa shape index (κ1) is 20.6. The first-order valence-electron chi connectivity index (χ1n) is 9.20. The Morgan fingerprint density at radius 1 is 1.40 bits per heavy atom. The summed E-state index contributed by atoms with van der Waals surface area (Å²) in [6, 6.07) is 3.45. The van der Waals surface area contributed by atoms with Crippen LogP contribution in [-0.4, -0.2) is 59.6 Å². The molecule has 9 nitrogen and oxygen atoms in total. The van der Waals surface area contributed by atoms with E-state index in [1.165, 1.54) is 21.7 Å². The van der Waals surface area contributed by atoms with Crippen molar-refractivity contribution in [2.75, 3.05) is 24.7 Å². The Kier molecular flexibility index (Phi) is 5.18. The molecule has 160 valence electrons. The van der Waals surface area contributed by atoms with Gasteiger partial charge in [-0.3, -0.25) is 9.48 Å². The minimum Gasteiger partial charge on any atom is -0.349 e. The maximum absolute atomic E-state index is 13.3. The Hall–Kier alpha value is -2.66. The van der Waals surface area contributed by atoms with Gasteiger partial charge in [0.15, 0.2) is 9.84 Å². The van der Waals surface area contributed by atoms with Gasteiger partial charge in [-0.2, -0.15) is 5.10 Å². The maximum atomic E-state index is 13.3. The molecule has 0 radical (unpaired) electrons. The first-order chi connectivity index (χ1) is 14.1. The zero-order valence-electron chi connectivity index (χ0n) is 16.0. The quantitative estimate of drug-likeness (QED) is 0.711. The van der Waals surface area contributed by atoms with Crippen LogP contribution in [-0.2, 0) is 29.3 Å². The highest BCUT2D eigenvalue weighted by molar-refractivity contribution is 7.91. The highest BCUT2D eigenvalue weighted by Gasteiger charge is 2.35. The fraction of sp³-hybridized carbons (Fsp3) is 0.389. The topological polar surface area (TPSA) is 113 Å². The molecule has 1 aromatic heterocycles. The van der Waals surface area contributed by atoms with Crippen LogP contribution in [0.15, 0.2) is 18.2 Å². The van der Waals surface area contributed by atoms with Crippen molar-refractivity contribution in [3.05, 3.63) is 46.0 Å². The van der Waals surface area contributed by atoms with E-state index in [-0.39, 0.29) is 30.4 Å². The Labute approximate surface area is 177 Å². The molecule has 1 unspecified atom stereocenters. The van der Waals surface area contributed by atoms with Crippen molar-refractivity contribution >= 4 is 39.1 Å². The Morgan fingerprint density at radius 3 is 2.87 bits per heavy atom. The maximum Gasteiger partial charge on any atom is 0.322 e. The SMILES string of the molecule is CS(=O)(=O)C1CNC(=O)c2c3c(nn2C1)CCN(C(=O)Nc1ccc(F)c(Cl)c1)C3. The van der Waals surface area contributed by atoms with Crippen LogP contribution in [0.5, 0.6) is 0 Å². The summed E-state index contributed by atoms with van der Waals surface area (Å²) in [6.45, 7) is 0.579. The number of rotatable bonds is 2. The number of halogens is 2. The van der Waals surface area contributed by atoms with Gasteiger partial charge in [0.25, 0.3) is 5.91 Å². The number of hydrogen-bond acceptors (Lipinski definition) is 5. The Bertz CT molecular complexity index is 1150. The van der Waals surface area contributed by atoms with Gasteiger partial charge in [0.1, 0.15) is 11.5 Å². The van der Waals surface area contributed by atoms with E-state index in [1.807, 2.05) is 0 Å². The van der Waals surface area contributed by atoms with Crippen LogP contribution >= 0.6 is 11.6 Å². The van der Waals surface area contributed by atoms with Crippen LogP contribution in [0.4, 0.5) is 14.9 Å². The number of hydrogen-bond donors (Lipinski definition) is 2. The van der Waals surface area contributed by atoms with Crippen molar-refractivity contribution in [2.24, 2.45) is 0 Å². The number of aromatic nitrogens is 2. The standard InChI is InChI=1S/C18H19ClFN5O4S/c1-30(28,29)11-7-21-17(26)16-12-9-24(5-4-15(12)23-25(16)8-11)18(27)22-10-2-3-14(20)13(19)6-10/h2-3,6,11H,4-5,7-9H2,1H3,(H,21,26)(H,22,27). The van der Waals surface area contributed by atoms with Crippen molar-refractivity contribution in [2.45, 2.75) is 24.8 Å². The monoisotopic (exact) mass is 455 g/mol. The molecule has 0 saturated carbocycles. The summed E-state index contributed by atoms with van der Waals surface area (Å²) in [7, 11) is -3.37. The normalized spacial score (nSPS) is 18.8. The van der Waals surface area contributed by atoms with Crippen molar-refractivity contribution in [3.63, 3.8) is 0 Å². The molecule has 1 aromatic carbocycles. The van der Waals surface area contributed by atoms with Crippen molar-refractivity contribution in [1.82, 2.24) is 20.0 Å². The summed E-state index contributed by atoms with van der Waals surface area (Å²) >= 11 is 5.75. The predicted molar refractivity (Wildman–Crippen MR) is 108 cm³/mol. The second-order valence-corrected chi connectivity index (χ2v) is 10.1. The number of benzene rings is 1. The van der Waals surface area contributed by atoms with Gasteiger partial charge in [-0.15, -0.1) is 0 Å². The van der Waals surface area contributed by atoms with E-state index < -0.39 is 32.8 Å². The Balaban J connectivity index is 1.57. The van der Waals surface area contributed by atoms with E-state index in [0.717, 1.165) is 12.3 Å².